The number of carbonyl (C=O) groups excluding carboxylic acids is 1. The molecule has 1 amide bonds. The number of rotatable bonds is 3. The van der Waals surface area contributed by atoms with Crippen LogP contribution >= 0.6 is 0 Å². The number of aryl methyl sites for hydroxylation is 3. The van der Waals surface area contributed by atoms with Crippen LogP contribution in [0.25, 0.3) is 0 Å². The van der Waals surface area contributed by atoms with Gasteiger partial charge in [-0.05, 0) is 67.5 Å². The normalized spacial score (nSPS) is 16.6. The van der Waals surface area contributed by atoms with Gasteiger partial charge in [-0.3, -0.25) is 9.78 Å². The van der Waals surface area contributed by atoms with Crippen molar-refractivity contribution in [3.05, 3.63) is 58.4 Å². The number of ether oxygens (including phenoxy) is 1. The van der Waals surface area contributed by atoms with E-state index >= 15 is 0 Å². The fourth-order valence-electron chi connectivity index (χ4n) is 3.19. The number of hydrogen-bond acceptors (Lipinski definition) is 3. The molecule has 1 atom stereocenters. The number of carbonyl (C=O) groups is 1. The first kappa shape index (κ1) is 15.5. The lowest BCUT2D eigenvalue weighted by Crippen LogP contribution is -2.39. The largest absolute Gasteiger partial charge is 0.497 e. The standard InChI is InChI=1S/C19H22N2O2/c1-12-8-13(2)18(20-11-12)19(22)21-16-6-4-15-10-17(23-3)7-5-14(15)9-16/h5,7-8,10-11,16H,4,6,9H2,1-3H3,(H,21,22). The monoisotopic (exact) mass is 310 g/mol. The summed E-state index contributed by atoms with van der Waals surface area (Å²) in [5.74, 6) is 0.815. The maximum Gasteiger partial charge on any atom is 0.270 e. The fourth-order valence-corrected chi connectivity index (χ4v) is 3.19. The predicted molar refractivity (Wildman–Crippen MR) is 90.0 cm³/mol. The Morgan fingerprint density at radius 3 is 2.83 bits per heavy atom. The molecule has 0 fully saturated rings. The van der Waals surface area contributed by atoms with Gasteiger partial charge in [-0.2, -0.15) is 0 Å². The van der Waals surface area contributed by atoms with Gasteiger partial charge in [-0.15, -0.1) is 0 Å². The molecule has 0 spiro atoms. The van der Waals surface area contributed by atoms with Crippen molar-refractivity contribution in [3.8, 4) is 5.75 Å². The number of hydrogen-bond donors (Lipinski definition) is 1. The van der Waals surface area contributed by atoms with E-state index in [0.29, 0.717) is 5.69 Å². The lowest BCUT2D eigenvalue weighted by Gasteiger charge is -2.26. The van der Waals surface area contributed by atoms with Crippen LogP contribution in [0.15, 0.2) is 30.5 Å². The number of pyridine rings is 1. The molecule has 4 nitrogen and oxygen atoms in total. The molecule has 1 N–H and O–H groups in total. The number of benzene rings is 1. The Hall–Kier alpha value is -2.36. The highest BCUT2D eigenvalue weighted by molar-refractivity contribution is 5.93. The van der Waals surface area contributed by atoms with Crippen molar-refractivity contribution in [2.75, 3.05) is 7.11 Å². The van der Waals surface area contributed by atoms with Gasteiger partial charge in [0.1, 0.15) is 11.4 Å². The first-order valence-corrected chi connectivity index (χ1v) is 7.96. The highest BCUT2D eigenvalue weighted by Crippen LogP contribution is 2.25. The zero-order chi connectivity index (χ0) is 16.4. The Labute approximate surface area is 136 Å². The van der Waals surface area contributed by atoms with Crippen molar-refractivity contribution in [2.45, 2.75) is 39.2 Å². The Balaban J connectivity index is 1.70. The zero-order valence-corrected chi connectivity index (χ0v) is 13.8. The SMILES string of the molecule is COc1ccc2c(c1)CCC(NC(=O)c1ncc(C)cc1C)C2. The number of nitrogens with one attached hydrogen (secondary N) is 1. The summed E-state index contributed by atoms with van der Waals surface area (Å²) in [4.78, 5) is 16.7. The highest BCUT2D eigenvalue weighted by atomic mass is 16.5. The Morgan fingerprint density at radius 2 is 2.09 bits per heavy atom. The van der Waals surface area contributed by atoms with Crippen LogP contribution in [0, 0.1) is 13.8 Å². The molecule has 1 aliphatic carbocycles. The minimum atomic E-state index is -0.0792. The van der Waals surface area contributed by atoms with Crippen molar-refractivity contribution in [2.24, 2.45) is 0 Å². The van der Waals surface area contributed by atoms with Crippen LogP contribution in [0.2, 0.25) is 0 Å². The molecule has 3 rings (SSSR count). The van der Waals surface area contributed by atoms with Crippen LogP contribution in [0.1, 0.15) is 39.2 Å². The first-order valence-electron chi connectivity index (χ1n) is 7.96. The summed E-state index contributed by atoms with van der Waals surface area (Å²) >= 11 is 0. The average Bonchev–Trinajstić information content (AvgIpc) is 2.54. The quantitative estimate of drug-likeness (QED) is 0.948. The maximum absolute atomic E-state index is 12.5. The molecular formula is C19H22N2O2. The third-order valence-corrected chi connectivity index (χ3v) is 4.41. The molecule has 1 aromatic carbocycles. The molecule has 23 heavy (non-hydrogen) atoms. The van der Waals surface area contributed by atoms with Crippen LogP contribution in [-0.2, 0) is 12.8 Å². The summed E-state index contributed by atoms with van der Waals surface area (Å²) in [6.07, 6.45) is 4.49. The van der Waals surface area contributed by atoms with E-state index in [-0.39, 0.29) is 11.9 Å². The summed E-state index contributed by atoms with van der Waals surface area (Å²) in [7, 11) is 1.69. The smallest absolute Gasteiger partial charge is 0.270 e. The summed E-state index contributed by atoms with van der Waals surface area (Å²) in [5, 5.41) is 3.13. The van der Waals surface area contributed by atoms with Crippen molar-refractivity contribution in [1.29, 1.82) is 0 Å². The first-order chi connectivity index (χ1) is 11.1. The van der Waals surface area contributed by atoms with Gasteiger partial charge >= 0.3 is 0 Å². The van der Waals surface area contributed by atoms with Crippen molar-refractivity contribution < 1.29 is 9.53 Å². The van der Waals surface area contributed by atoms with E-state index in [4.69, 9.17) is 4.74 Å². The van der Waals surface area contributed by atoms with E-state index in [1.807, 2.05) is 26.0 Å². The molecule has 1 aliphatic rings. The van der Waals surface area contributed by atoms with Gasteiger partial charge < -0.3 is 10.1 Å². The summed E-state index contributed by atoms with van der Waals surface area (Å²) in [6.45, 7) is 3.91. The van der Waals surface area contributed by atoms with Crippen LogP contribution in [0.5, 0.6) is 5.75 Å². The molecule has 4 heteroatoms. The van der Waals surface area contributed by atoms with E-state index < -0.39 is 0 Å². The van der Waals surface area contributed by atoms with E-state index in [1.165, 1.54) is 11.1 Å². The molecule has 0 saturated heterocycles. The van der Waals surface area contributed by atoms with Crippen LogP contribution in [0.4, 0.5) is 0 Å². The molecule has 1 heterocycles. The number of methoxy groups -OCH3 is 1. The van der Waals surface area contributed by atoms with E-state index in [9.17, 15) is 4.79 Å². The second kappa shape index (κ2) is 6.41. The molecule has 0 saturated carbocycles. The second-order valence-electron chi connectivity index (χ2n) is 6.23. The third kappa shape index (κ3) is 3.36. The Morgan fingerprint density at radius 1 is 1.26 bits per heavy atom. The van der Waals surface area contributed by atoms with Crippen molar-refractivity contribution in [1.82, 2.24) is 10.3 Å². The lowest BCUT2D eigenvalue weighted by molar-refractivity contribution is 0.0928. The minimum Gasteiger partial charge on any atom is -0.497 e. The summed E-state index contributed by atoms with van der Waals surface area (Å²) in [6, 6.07) is 8.32. The second-order valence-corrected chi connectivity index (χ2v) is 6.23. The van der Waals surface area contributed by atoms with Gasteiger partial charge in [0.15, 0.2) is 0 Å². The van der Waals surface area contributed by atoms with Crippen molar-refractivity contribution >= 4 is 5.91 Å². The van der Waals surface area contributed by atoms with Gasteiger partial charge in [0.2, 0.25) is 0 Å². The summed E-state index contributed by atoms with van der Waals surface area (Å²) < 4.78 is 5.27. The third-order valence-electron chi connectivity index (χ3n) is 4.41. The molecule has 0 bridgehead atoms. The van der Waals surface area contributed by atoms with Crippen LogP contribution in [-0.4, -0.2) is 24.0 Å². The zero-order valence-electron chi connectivity index (χ0n) is 13.8. The number of nitrogens with zero attached hydrogens (tertiary/aromatic N) is 1. The van der Waals surface area contributed by atoms with E-state index in [2.05, 4.69) is 22.4 Å². The Kier molecular flexibility index (Phi) is 4.33. The molecule has 0 aliphatic heterocycles. The minimum absolute atomic E-state index is 0.0792. The molecule has 0 radical (unpaired) electrons. The van der Waals surface area contributed by atoms with Crippen LogP contribution in [0.3, 0.4) is 0 Å². The number of aromatic nitrogens is 1. The number of fused-ring (bicyclic) bond motifs is 1. The lowest BCUT2D eigenvalue weighted by atomic mass is 9.88. The van der Waals surface area contributed by atoms with Gasteiger partial charge in [-0.1, -0.05) is 12.1 Å². The van der Waals surface area contributed by atoms with Gasteiger partial charge in [-0.25, -0.2) is 0 Å². The maximum atomic E-state index is 12.5. The molecule has 1 aromatic heterocycles. The Bertz CT molecular complexity index is 740. The topological polar surface area (TPSA) is 51.2 Å². The summed E-state index contributed by atoms with van der Waals surface area (Å²) in [5.41, 5.74) is 5.12. The highest BCUT2D eigenvalue weighted by Gasteiger charge is 2.22. The van der Waals surface area contributed by atoms with E-state index in [1.54, 1.807) is 13.3 Å². The van der Waals surface area contributed by atoms with Crippen LogP contribution < -0.4 is 10.1 Å². The van der Waals surface area contributed by atoms with Gasteiger partial charge in [0.05, 0.1) is 7.11 Å². The molecule has 2 aromatic rings. The van der Waals surface area contributed by atoms with Crippen molar-refractivity contribution in [3.63, 3.8) is 0 Å². The van der Waals surface area contributed by atoms with Gasteiger partial charge in [0.25, 0.3) is 5.91 Å². The average molecular weight is 310 g/mol. The fraction of sp³-hybridized carbons (Fsp3) is 0.368. The van der Waals surface area contributed by atoms with Gasteiger partial charge in [0, 0.05) is 12.2 Å². The molecular weight excluding hydrogens is 288 g/mol. The predicted octanol–water partition coefficient (Wildman–Crippen LogP) is 2.99. The van der Waals surface area contributed by atoms with E-state index in [0.717, 1.165) is 36.1 Å². The number of amides is 1. The molecule has 120 valence electrons. The molecule has 1 unspecified atom stereocenters.